The van der Waals surface area contributed by atoms with Crippen molar-refractivity contribution in [3.8, 4) is 11.1 Å². The van der Waals surface area contributed by atoms with Crippen LogP contribution in [0.15, 0.2) is 60.9 Å². The lowest BCUT2D eigenvalue weighted by Gasteiger charge is -2.12. The Morgan fingerprint density at radius 2 is 1.84 bits per heavy atom. The van der Waals surface area contributed by atoms with Gasteiger partial charge in [0.05, 0.1) is 12.2 Å². The minimum absolute atomic E-state index is 0.256. The maximum atomic E-state index is 12.3. The number of para-hydroxylation sites is 1. The maximum absolute atomic E-state index is 12.3. The molecule has 0 aliphatic heterocycles. The first-order chi connectivity index (χ1) is 12.3. The summed E-state index contributed by atoms with van der Waals surface area (Å²) >= 11 is 0. The molecule has 126 valence electrons. The zero-order valence-electron chi connectivity index (χ0n) is 13.7. The quantitative estimate of drug-likeness (QED) is 0.749. The summed E-state index contributed by atoms with van der Waals surface area (Å²) in [4.78, 5) is 12.3. The summed E-state index contributed by atoms with van der Waals surface area (Å²) in [7, 11) is 0. The standard InChI is InChI=1S/C19H19N5O/c25-19(20-12-18-23-21-13-24(18)15-10-11-15)22-17-9-5-4-8-16(17)14-6-2-1-3-7-14/h1-9,13,15H,10-12H2,(H2,20,22,25). The van der Waals surface area contributed by atoms with Crippen LogP contribution in [0.2, 0.25) is 0 Å². The van der Waals surface area contributed by atoms with Crippen molar-refractivity contribution in [2.45, 2.75) is 25.4 Å². The molecule has 0 radical (unpaired) electrons. The highest BCUT2D eigenvalue weighted by Crippen LogP contribution is 2.35. The molecule has 1 aromatic heterocycles. The first-order valence-corrected chi connectivity index (χ1v) is 8.39. The molecule has 3 aromatic rings. The van der Waals surface area contributed by atoms with Gasteiger partial charge in [-0.1, -0.05) is 48.5 Å². The molecule has 25 heavy (non-hydrogen) atoms. The molecule has 6 heteroatoms. The third-order valence-electron chi connectivity index (χ3n) is 4.25. The van der Waals surface area contributed by atoms with E-state index in [0.29, 0.717) is 12.6 Å². The number of hydrogen-bond donors (Lipinski definition) is 2. The number of amides is 2. The van der Waals surface area contributed by atoms with Gasteiger partial charge in [-0.2, -0.15) is 0 Å². The smallest absolute Gasteiger partial charge is 0.319 e. The summed E-state index contributed by atoms with van der Waals surface area (Å²) in [5.41, 5.74) is 2.82. The highest BCUT2D eigenvalue weighted by Gasteiger charge is 2.26. The molecule has 1 saturated carbocycles. The third kappa shape index (κ3) is 3.52. The van der Waals surface area contributed by atoms with Gasteiger partial charge in [0.1, 0.15) is 6.33 Å². The van der Waals surface area contributed by atoms with Crippen LogP contribution in [0.5, 0.6) is 0 Å². The van der Waals surface area contributed by atoms with E-state index >= 15 is 0 Å². The number of benzene rings is 2. The van der Waals surface area contributed by atoms with E-state index in [1.54, 1.807) is 6.33 Å². The average molecular weight is 333 g/mol. The van der Waals surface area contributed by atoms with Gasteiger partial charge in [0.15, 0.2) is 5.82 Å². The Balaban J connectivity index is 1.44. The van der Waals surface area contributed by atoms with Crippen molar-refractivity contribution in [2.24, 2.45) is 0 Å². The monoisotopic (exact) mass is 333 g/mol. The van der Waals surface area contributed by atoms with Crippen molar-refractivity contribution in [1.29, 1.82) is 0 Å². The van der Waals surface area contributed by atoms with Gasteiger partial charge in [-0.3, -0.25) is 0 Å². The van der Waals surface area contributed by atoms with Crippen molar-refractivity contribution in [3.05, 3.63) is 66.7 Å². The number of urea groups is 1. The van der Waals surface area contributed by atoms with E-state index in [0.717, 1.165) is 35.5 Å². The van der Waals surface area contributed by atoms with Gasteiger partial charge in [0.25, 0.3) is 0 Å². The summed E-state index contributed by atoms with van der Waals surface area (Å²) in [5, 5.41) is 13.8. The second-order valence-electron chi connectivity index (χ2n) is 6.10. The Bertz CT molecular complexity index is 870. The van der Waals surface area contributed by atoms with Crippen LogP contribution in [0.4, 0.5) is 10.5 Å². The summed E-state index contributed by atoms with van der Waals surface area (Å²) < 4.78 is 2.04. The van der Waals surface area contributed by atoms with Crippen LogP contribution in [0.3, 0.4) is 0 Å². The van der Waals surface area contributed by atoms with Crippen molar-refractivity contribution >= 4 is 11.7 Å². The number of nitrogens with zero attached hydrogens (tertiary/aromatic N) is 3. The van der Waals surface area contributed by atoms with E-state index in [4.69, 9.17) is 0 Å². The van der Waals surface area contributed by atoms with E-state index in [2.05, 4.69) is 20.8 Å². The summed E-state index contributed by atoms with van der Waals surface area (Å²) in [6, 6.07) is 18.0. The van der Waals surface area contributed by atoms with Gasteiger partial charge in [-0.25, -0.2) is 4.79 Å². The van der Waals surface area contributed by atoms with Gasteiger partial charge in [0, 0.05) is 11.6 Å². The Labute approximate surface area is 145 Å². The molecular formula is C19H19N5O. The molecule has 2 N–H and O–H groups in total. The Hall–Kier alpha value is -3.15. The topological polar surface area (TPSA) is 71.8 Å². The first-order valence-electron chi connectivity index (χ1n) is 8.39. The molecule has 1 heterocycles. The fourth-order valence-corrected chi connectivity index (χ4v) is 2.84. The van der Waals surface area contributed by atoms with E-state index in [1.165, 1.54) is 0 Å². The summed E-state index contributed by atoms with van der Waals surface area (Å²) in [6.07, 6.45) is 4.04. The molecule has 0 saturated heterocycles. The second kappa shape index (κ2) is 6.76. The number of aromatic nitrogens is 3. The Kier molecular flexibility index (Phi) is 4.16. The Morgan fingerprint density at radius 3 is 2.64 bits per heavy atom. The predicted octanol–water partition coefficient (Wildman–Crippen LogP) is 3.60. The molecule has 6 nitrogen and oxygen atoms in total. The fourth-order valence-electron chi connectivity index (χ4n) is 2.84. The molecule has 0 spiro atoms. The molecule has 0 unspecified atom stereocenters. The average Bonchev–Trinajstić information content (AvgIpc) is 3.39. The van der Waals surface area contributed by atoms with Gasteiger partial charge >= 0.3 is 6.03 Å². The SMILES string of the molecule is O=C(NCc1nncn1C1CC1)Nc1ccccc1-c1ccccc1. The lowest BCUT2D eigenvalue weighted by molar-refractivity contribution is 0.251. The van der Waals surface area contributed by atoms with Gasteiger partial charge in [-0.05, 0) is 24.5 Å². The van der Waals surface area contributed by atoms with Crippen molar-refractivity contribution < 1.29 is 4.79 Å². The Morgan fingerprint density at radius 1 is 1.08 bits per heavy atom. The number of anilines is 1. The third-order valence-corrected chi connectivity index (χ3v) is 4.25. The van der Waals surface area contributed by atoms with Gasteiger partial charge < -0.3 is 15.2 Å². The van der Waals surface area contributed by atoms with Crippen LogP contribution in [-0.2, 0) is 6.54 Å². The normalized spacial score (nSPS) is 13.4. The van der Waals surface area contributed by atoms with Crippen LogP contribution in [-0.4, -0.2) is 20.8 Å². The van der Waals surface area contributed by atoms with Crippen LogP contribution in [0.1, 0.15) is 24.7 Å². The molecule has 1 fully saturated rings. The number of hydrogen-bond acceptors (Lipinski definition) is 3. The van der Waals surface area contributed by atoms with Crippen molar-refractivity contribution in [3.63, 3.8) is 0 Å². The highest BCUT2D eigenvalue weighted by atomic mass is 16.2. The largest absolute Gasteiger partial charge is 0.331 e. The van der Waals surface area contributed by atoms with Gasteiger partial charge in [-0.15, -0.1) is 10.2 Å². The summed E-state index contributed by atoms with van der Waals surface area (Å²) in [5.74, 6) is 0.786. The molecular weight excluding hydrogens is 314 g/mol. The first kappa shape index (κ1) is 15.4. The lowest BCUT2D eigenvalue weighted by Crippen LogP contribution is -2.29. The van der Waals surface area contributed by atoms with E-state index in [-0.39, 0.29) is 6.03 Å². The number of rotatable bonds is 5. The van der Waals surface area contributed by atoms with Gasteiger partial charge in [0.2, 0.25) is 0 Å². The number of carbonyl (C=O) groups is 1. The molecule has 2 aromatic carbocycles. The van der Waals surface area contributed by atoms with E-state index in [1.807, 2.05) is 59.2 Å². The van der Waals surface area contributed by atoms with Crippen LogP contribution < -0.4 is 10.6 Å². The molecule has 4 rings (SSSR count). The summed E-state index contributed by atoms with van der Waals surface area (Å²) in [6.45, 7) is 0.357. The second-order valence-corrected chi connectivity index (χ2v) is 6.10. The molecule has 0 bridgehead atoms. The maximum Gasteiger partial charge on any atom is 0.319 e. The van der Waals surface area contributed by atoms with E-state index < -0.39 is 0 Å². The minimum Gasteiger partial charge on any atom is -0.331 e. The number of nitrogens with one attached hydrogen (secondary N) is 2. The van der Waals surface area contributed by atoms with Crippen molar-refractivity contribution in [2.75, 3.05) is 5.32 Å². The predicted molar refractivity (Wildman–Crippen MR) is 96.0 cm³/mol. The number of carbonyl (C=O) groups excluding carboxylic acids is 1. The fraction of sp³-hybridized carbons (Fsp3) is 0.211. The van der Waals surface area contributed by atoms with Crippen LogP contribution >= 0.6 is 0 Å². The van der Waals surface area contributed by atoms with Crippen molar-refractivity contribution in [1.82, 2.24) is 20.1 Å². The molecule has 1 aliphatic carbocycles. The zero-order valence-corrected chi connectivity index (χ0v) is 13.7. The van der Waals surface area contributed by atoms with E-state index in [9.17, 15) is 4.79 Å². The molecule has 2 amide bonds. The zero-order chi connectivity index (χ0) is 17.1. The van der Waals surface area contributed by atoms with Crippen LogP contribution in [0, 0.1) is 0 Å². The molecule has 1 aliphatic rings. The molecule has 0 atom stereocenters. The van der Waals surface area contributed by atoms with Crippen LogP contribution in [0.25, 0.3) is 11.1 Å². The minimum atomic E-state index is -0.256. The lowest BCUT2D eigenvalue weighted by atomic mass is 10.0. The highest BCUT2D eigenvalue weighted by molar-refractivity contribution is 5.94.